The quantitative estimate of drug-likeness (QED) is 0.400. The summed E-state index contributed by atoms with van der Waals surface area (Å²) >= 11 is 0. The smallest absolute Gasteiger partial charge is 0.334 e. The van der Waals surface area contributed by atoms with Crippen LogP contribution in [0.1, 0.15) is 43.5 Å². The Balaban J connectivity index is 1.59. The molecule has 1 aliphatic heterocycles. The molecule has 0 spiro atoms. The summed E-state index contributed by atoms with van der Waals surface area (Å²) in [6, 6.07) is 8.19. The third-order valence-electron chi connectivity index (χ3n) is 5.74. The molecule has 0 bridgehead atoms. The maximum absolute atomic E-state index is 13.3. The van der Waals surface area contributed by atoms with Crippen LogP contribution in [0.5, 0.6) is 5.75 Å². The number of nitrogens with one attached hydrogen (secondary N) is 2. The number of pyridine rings is 1. The minimum atomic E-state index is -0.789. The molecule has 0 radical (unpaired) electrons. The van der Waals surface area contributed by atoms with Crippen molar-refractivity contribution in [1.29, 1.82) is 0 Å². The fourth-order valence-electron chi connectivity index (χ4n) is 3.87. The highest BCUT2D eigenvalue weighted by Gasteiger charge is 2.26. The van der Waals surface area contributed by atoms with Crippen molar-refractivity contribution in [3.63, 3.8) is 0 Å². The summed E-state index contributed by atoms with van der Waals surface area (Å²) in [4.78, 5) is 30.5. The number of aryl methyl sites for hydroxylation is 1. The van der Waals surface area contributed by atoms with Crippen molar-refractivity contribution >= 4 is 28.6 Å². The van der Waals surface area contributed by atoms with Gasteiger partial charge in [-0.25, -0.2) is 14.5 Å². The number of para-hydroxylation sites is 1. The van der Waals surface area contributed by atoms with Gasteiger partial charge in [-0.1, -0.05) is 25.1 Å². The lowest BCUT2D eigenvalue weighted by molar-refractivity contribution is -0.136. The van der Waals surface area contributed by atoms with E-state index in [-0.39, 0.29) is 11.9 Å². The van der Waals surface area contributed by atoms with Crippen molar-refractivity contribution in [2.24, 2.45) is 0 Å². The molecule has 1 aromatic carbocycles. The number of amides is 1. The molecular weight excluding hydrogens is 422 g/mol. The van der Waals surface area contributed by atoms with Crippen LogP contribution >= 0.6 is 0 Å². The van der Waals surface area contributed by atoms with Crippen molar-refractivity contribution in [3.05, 3.63) is 48.3 Å². The number of hydrogen-bond donors (Lipinski definition) is 2. The molecule has 33 heavy (non-hydrogen) atoms. The number of nitrogens with zero attached hydrogens (tertiary/aromatic N) is 3. The molecule has 2 N–H and O–H groups in total. The van der Waals surface area contributed by atoms with Gasteiger partial charge >= 0.3 is 5.97 Å². The number of anilines is 1. The van der Waals surface area contributed by atoms with Gasteiger partial charge in [-0.15, -0.1) is 0 Å². The zero-order valence-electron chi connectivity index (χ0n) is 18.9. The van der Waals surface area contributed by atoms with E-state index < -0.39 is 12.0 Å². The molecule has 1 saturated heterocycles. The average Bonchev–Trinajstić information content (AvgIpc) is 3.27. The van der Waals surface area contributed by atoms with E-state index in [0.29, 0.717) is 48.8 Å². The molecule has 9 nitrogen and oxygen atoms in total. The summed E-state index contributed by atoms with van der Waals surface area (Å²) in [6.07, 6.45) is 5.35. The van der Waals surface area contributed by atoms with E-state index >= 15 is 0 Å². The van der Waals surface area contributed by atoms with Crippen LogP contribution in [0.4, 0.5) is 5.69 Å². The number of hydrogen-bond acceptors (Lipinski definition) is 7. The second-order valence-corrected chi connectivity index (χ2v) is 7.94. The van der Waals surface area contributed by atoms with E-state index in [2.05, 4.69) is 20.7 Å². The molecule has 1 fully saturated rings. The summed E-state index contributed by atoms with van der Waals surface area (Å²) in [5, 5.41) is 11.5. The molecule has 1 aliphatic rings. The number of carbonyl (C=O) groups excluding carboxylic acids is 2. The first kappa shape index (κ1) is 22.7. The van der Waals surface area contributed by atoms with E-state index in [0.717, 1.165) is 18.2 Å². The Hall–Kier alpha value is -3.46. The predicted octanol–water partition coefficient (Wildman–Crippen LogP) is 3.16. The lowest BCUT2D eigenvalue weighted by atomic mass is 10.1. The van der Waals surface area contributed by atoms with Gasteiger partial charge in [0.05, 0.1) is 22.8 Å². The standard InChI is InChI=1S/C24H29N5O4/c1-3-20(24(31)33-17-8-6-5-7-9-17)28-23(30)19-14-25-22-18(15-26-29(22)4-2)21(19)27-16-10-12-32-13-11-16/h5-9,14-16,20H,3-4,10-13H2,1-2H3,(H,25,27)(H,28,30). The van der Waals surface area contributed by atoms with Gasteiger partial charge in [0.25, 0.3) is 5.91 Å². The molecule has 0 saturated carbocycles. The first-order valence-corrected chi connectivity index (χ1v) is 11.4. The first-order valence-electron chi connectivity index (χ1n) is 11.4. The molecular formula is C24H29N5O4. The van der Waals surface area contributed by atoms with E-state index in [1.54, 1.807) is 41.3 Å². The summed E-state index contributed by atoms with van der Waals surface area (Å²) < 4.78 is 12.7. The molecule has 4 rings (SSSR count). The fourth-order valence-corrected chi connectivity index (χ4v) is 3.87. The van der Waals surface area contributed by atoms with Crippen LogP contribution in [0.2, 0.25) is 0 Å². The Morgan fingerprint density at radius 3 is 2.64 bits per heavy atom. The molecule has 1 atom stereocenters. The Morgan fingerprint density at radius 2 is 1.94 bits per heavy atom. The molecule has 3 aromatic rings. The highest BCUT2D eigenvalue weighted by atomic mass is 16.5. The SMILES string of the molecule is CCC(NC(=O)c1cnc2c(cnn2CC)c1NC1CCOCC1)C(=O)Oc1ccccc1. The van der Waals surface area contributed by atoms with E-state index in [1.807, 2.05) is 19.9 Å². The first-order chi connectivity index (χ1) is 16.1. The highest BCUT2D eigenvalue weighted by Crippen LogP contribution is 2.28. The van der Waals surface area contributed by atoms with Gasteiger partial charge < -0.3 is 20.1 Å². The number of carbonyl (C=O) groups is 2. The van der Waals surface area contributed by atoms with Gasteiger partial charge in [-0.05, 0) is 38.3 Å². The van der Waals surface area contributed by atoms with Crippen molar-refractivity contribution in [2.75, 3.05) is 18.5 Å². The minimum Gasteiger partial charge on any atom is -0.425 e. The van der Waals surface area contributed by atoms with Gasteiger partial charge in [0.1, 0.15) is 11.8 Å². The van der Waals surface area contributed by atoms with Crippen LogP contribution < -0.4 is 15.4 Å². The molecule has 3 heterocycles. The third kappa shape index (κ3) is 5.14. The van der Waals surface area contributed by atoms with Crippen LogP contribution in [0.25, 0.3) is 11.0 Å². The zero-order valence-corrected chi connectivity index (χ0v) is 18.9. The molecule has 174 valence electrons. The number of esters is 1. The number of rotatable bonds is 8. The monoisotopic (exact) mass is 451 g/mol. The van der Waals surface area contributed by atoms with Crippen LogP contribution in [-0.2, 0) is 16.1 Å². The van der Waals surface area contributed by atoms with Gasteiger partial charge in [-0.3, -0.25) is 4.79 Å². The number of benzene rings is 1. The van der Waals surface area contributed by atoms with E-state index in [9.17, 15) is 9.59 Å². The van der Waals surface area contributed by atoms with Gasteiger partial charge in [0.15, 0.2) is 5.65 Å². The lowest BCUT2D eigenvalue weighted by Gasteiger charge is -2.26. The van der Waals surface area contributed by atoms with Crippen molar-refractivity contribution in [2.45, 2.75) is 51.7 Å². The van der Waals surface area contributed by atoms with E-state index in [1.165, 1.54) is 0 Å². The van der Waals surface area contributed by atoms with Gasteiger partial charge in [0, 0.05) is 32.0 Å². The topological polar surface area (TPSA) is 107 Å². The number of aromatic nitrogens is 3. The van der Waals surface area contributed by atoms with Crippen LogP contribution in [-0.4, -0.2) is 51.9 Å². The maximum atomic E-state index is 13.3. The Kier molecular flexibility index (Phi) is 7.19. The summed E-state index contributed by atoms with van der Waals surface area (Å²) in [5.41, 5.74) is 1.75. The fraction of sp³-hybridized carbons (Fsp3) is 0.417. The molecule has 1 amide bonds. The van der Waals surface area contributed by atoms with Crippen molar-refractivity contribution in [3.8, 4) is 5.75 Å². The maximum Gasteiger partial charge on any atom is 0.334 e. The summed E-state index contributed by atoms with van der Waals surface area (Å²) in [7, 11) is 0. The Morgan fingerprint density at radius 1 is 1.18 bits per heavy atom. The van der Waals surface area contributed by atoms with Gasteiger partial charge in [-0.2, -0.15) is 5.10 Å². The average molecular weight is 452 g/mol. The Labute approximate surface area is 192 Å². The molecule has 1 unspecified atom stereocenters. The van der Waals surface area contributed by atoms with Crippen molar-refractivity contribution < 1.29 is 19.1 Å². The molecule has 2 aromatic heterocycles. The van der Waals surface area contributed by atoms with Crippen LogP contribution in [0.15, 0.2) is 42.7 Å². The normalized spacial score (nSPS) is 15.2. The van der Waals surface area contributed by atoms with Crippen LogP contribution in [0.3, 0.4) is 0 Å². The minimum absolute atomic E-state index is 0.172. The number of ether oxygens (including phenoxy) is 2. The zero-order chi connectivity index (χ0) is 23.2. The van der Waals surface area contributed by atoms with Gasteiger partial charge in [0.2, 0.25) is 0 Å². The van der Waals surface area contributed by atoms with Crippen LogP contribution in [0, 0.1) is 0 Å². The summed E-state index contributed by atoms with van der Waals surface area (Å²) in [5.74, 6) is -0.462. The Bertz CT molecular complexity index is 1110. The largest absolute Gasteiger partial charge is 0.425 e. The third-order valence-corrected chi connectivity index (χ3v) is 5.74. The summed E-state index contributed by atoms with van der Waals surface area (Å²) in [6.45, 7) is 5.83. The van der Waals surface area contributed by atoms with Crippen molar-refractivity contribution in [1.82, 2.24) is 20.1 Å². The lowest BCUT2D eigenvalue weighted by Crippen LogP contribution is -2.43. The molecule has 9 heteroatoms. The predicted molar refractivity (Wildman–Crippen MR) is 124 cm³/mol. The highest BCUT2D eigenvalue weighted by molar-refractivity contribution is 6.07. The second kappa shape index (κ2) is 10.4. The molecule has 0 aliphatic carbocycles. The van der Waals surface area contributed by atoms with E-state index in [4.69, 9.17) is 9.47 Å². The number of fused-ring (bicyclic) bond motifs is 1. The second-order valence-electron chi connectivity index (χ2n) is 7.94.